The van der Waals surface area contributed by atoms with Crippen LogP contribution in [-0.2, 0) is 20.7 Å². The van der Waals surface area contributed by atoms with Crippen LogP contribution in [0.3, 0.4) is 0 Å². The molecule has 2 N–H and O–H groups in total. The zero-order valence-corrected chi connectivity index (χ0v) is 25.3. The molecule has 3 aromatic carbocycles. The van der Waals surface area contributed by atoms with Gasteiger partial charge in [-0.2, -0.15) is 0 Å². The summed E-state index contributed by atoms with van der Waals surface area (Å²) in [5, 5.41) is 5.87. The molecule has 218 valence electrons. The number of aryl methyl sites for hydroxylation is 3. The van der Waals surface area contributed by atoms with E-state index >= 15 is 0 Å². The number of carbonyl (C=O) groups excluding carboxylic acids is 3. The molecule has 7 nitrogen and oxygen atoms in total. The molecule has 0 saturated carbocycles. The van der Waals surface area contributed by atoms with Crippen LogP contribution in [0.2, 0.25) is 0 Å². The fourth-order valence-corrected chi connectivity index (χ4v) is 4.73. The van der Waals surface area contributed by atoms with Crippen LogP contribution >= 0.6 is 0 Å². The van der Waals surface area contributed by atoms with Gasteiger partial charge in [0.15, 0.2) is 0 Å². The monoisotopic (exact) mass is 557 g/mol. The Labute approximate surface area is 244 Å². The Morgan fingerprint density at radius 2 is 1.54 bits per heavy atom. The number of benzene rings is 3. The number of amides is 3. The zero-order valence-electron chi connectivity index (χ0n) is 25.3. The first-order valence-corrected chi connectivity index (χ1v) is 14.2. The van der Waals surface area contributed by atoms with Gasteiger partial charge < -0.3 is 20.3 Å². The molecule has 0 saturated heterocycles. The highest BCUT2D eigenvalue weighted by Gasteiger charge is 2.37. The molecule has 3 rings (SSSR count). The van der Waals surface area contributed by atoms with Crippen molar-refractivity contribution < 1.29 is 19.1 Å². The summed E-state index contributed by atoms with van der Waals surface area (Å²) in [5.41, 5.74) is 4.37. The second-order valence-corrected chi connectivity index (χ2v) is 11.5. The molecule has 0 aliphatic carbocycles. The average molecular weight is 558 g/mol. The van der Waals surface area contributed by atoms with E-state index < -0.39 is 23.8 Å². The molecular weight excluding hydrogens is 514 g/mol. The molecule has 41 heavy (non-hydrogen) atoms. The molecule has 7 heteroatoms. The van der Waals surface area contributed by atoms with Crippen LogP contribution < -0.4 is 10.6 Å². The van der Waals surface area contributed by atoms with Gasteiger partial charge in [0.1, 0.15) is 17.7 Å². The highest BCUT2D eigenvalue weighted by atomic mass is 16.6. The molecule has 0 aliphatic heterocycles. The minimum Gasteiger partial charge on any atom is -0.444 e. The first-order valence-electron chi connectivity index (χ1n) is 14.2. The third kappa shape index (κ3) is 8.93. The molecular formula is C34H43N3O4. The maximum absolute atomic E-state index is 14.4. The summed E-state index contributed by atoms with van der Waals surface area (Å²) in [5.74, 6) is -0.669. The van der Waals surface area contributed by atoms with Gasteiger partial charge in [0.25, 0.3) is 5.91 Å². The van der Waals surface area contributed by atoms with Crippen molar-refractivity contribution in [2.24, 2.45) is 0 Å². The van der Waals surface area contributed by atoms with E-state index in [0.29, 0.717) is 18.7 Å². The maximum Gasteiger partial charge on any atom is 0.408 e. The number of ether oxygens (including phenoxy) is 1. The number of hydrogen-bond donors (Lipinski definition) is 2. The van der Waals surface area contributed by atoms with Gasteiger partial charge in [0, 0.05) is 18.7 Å². The van der Waals surface area contributed by atoms with Crippen molar-refractivity contribution in [3.05, 3.63) is 101 Å². The Morgan fingerprint density at radius 3 is 2.17 bits per heavy atom. The Hall–Kier alpha value is -4.13. The van der Waals surface area contributed by atoms with Crippen molar-refractivity contribution in [1.82, 2.24) is 10.2 Å². The largest absolute Gasteiger partial charge is 0.444 e. The summed E-state index contributed by atoms with van der Waals surface area (Å²) < 4.78 is 5.52. The van der Waals surface area contributed by atoms with Crippen molar-refractivity contribution >= 4 is 23.6 Å². The van der Waals surface area contributed by atoms with Crippen LogP contribution in [0.1, 0.15) is 68.0 Å². The van der Waals surface area contributed by atoms with E-state index in [1.54, 1.807) is 25.7 Å². The Bertz CT molecular complexity index is 1350. The summed E-state index contributed by atoms with van der Waals surface area (Å²) >= 11 is 0. The lowest BCUT2D eigenvalue weighted by atomic mass is 9.95. The van der Waals surface area contributed by atoms with E-state index in [-0.39, 0.29) is 18.2 Å². The highest BCUT2D eigenvalue weighted by Crippen LogP contribution is 2.29. The fraction of sp³-hybridized carbons (Fsp3) is 0.382. The molecule has 3 amide bonds. The van der Waals surface area contributed by atoms with Gasteiger partial charge in [0.05, 0.1) is 0 Å². The van der Waals surface area contributed by atoms with E-state index in [9.17, 15) is 14.4 Å². The van der Waals surface area contributed by atoms with Crippen LogP contribution in [0.4, 0.5) is 10.5 Å². The SMILES string of the molecule is CCCN(C(=O)C(Cc1ccccc1)NC(=O)OC(C)(C)C)C(C(=O)Nc1ccccc1C)c1cc(C)ccc1C. The van der Waals surface area contributed by atoms with Crippen LogP contribution in [0.15, 0.2) is 72.8 Å². The van der Waals surface area contributed by atoms with Gasteiger partial charge in [-0.3, -0.25) is 9.59 Å². The molecule has 0 fully saturated rings. The van der Waals surface area contributed by atoms with Crippen LogP contribution in [-0.4, -0.2) is 41.0 Å². The number of para-hydroxylation sites is 1. The van der Waals surface area contributed by atoms with E-state index in [1.165, 1.54) is 0 Å². The number of alkyl carbamates (subject to hydrolysis) is 1. The number of anilines is 1. The topological polar surface area (TPSA) is 87.7 Å². The lowest BCUT2D eigenvalue weighted by Crippen LogP contribution is -2.53. The van der Waals surface area contributed by atoms with Crippen molar-refractivity contribution in [2.75, 3.05) is 11.9 Å². The molecule has 0 radical (unpaired) electrons. The molecule has 3 aromatic rings. The highest BCUT2D eigenvalue weighted by molar-refractivity contribution is 5.99. The molecule has 0 heterocycles. The second-order valence-electron chi connectivity index (χ2n) is 11.5. The quantitative estimate of drug-likeness (QED) is 0.292. The van der Waals surface area contributed by atoms with Gasteiger partial charge in [0.2, 0.25) is 5.91 Å². The number of hydrogen-bond acceptors (Lipinski definition) is 4. The molecule has 0 aliphatic rings. The third-order valence-electron chi connectivity index (χ3n) is 6.71. The molecule has 2 unspecified atom stereocenters. The van der Waals surface area contributed by atoms with Crippen molar-refractivity contribution in [1.29, 1.82) is 0 Å². The molecule has 0 bridgehead atoms. The maximum atomic E-state index is 14.4. The summed E-state index contributed by atoms with van der Waals surface area (Å²) in [6, 6.07) is 21.1. The smallest absolute Gasteiger partial charge is 0.408 e. The summed E-state index contributed by atoms with van der Waals surface area (Å²) in [6.07, 6.45) is 0.184. The minimum absolute atomic E-state index is 0.248. The molecule has 0 spiro atoms. The van der Waals surface area contributed by atoms with Crippen LogP contribution in [0, 0.1) is 20.8 Å². The van der Waals surface area contributed by atoms with E-state index in [4.69, 9.17) is 4.74 Å². The first-order chi connectivity index (χ1) is 19.4. The summed E-state index contributed by atoms with van der Waals surface area (Å²) in [6.45, 7) is 13.4. The fourth-order valence-electron chi connectivity index (χ4n) is 4.73. The number of carbonyl (C=O) groups is 3. The van der Waals surface area contributed by atoms with Gasteiger partial charge in [-0.05, 0) is 76.3 Å². The van der Waals surface area contributed by atoms with Crippen molar-refractivity contribution in [3.8, 4) is 0 Å². The Kier molecular flexibility index (Phi) is 10.7. The average Bonchev–Trinajstić information content (AvgIpc) is 2.90. The van der Waals surface area contributed by atoms with Crippen LogP contribution in [0.5, 0.6) is 0 Å². The third-order valence-corrected chi connectivity index (χ3v) is 6.71. The lowest BCUT2D eigenvalue weighted by molar-refractivity contribution is -0.140. The van der Waals surface area contributed by atoms with Crippen molar-refractivity contribution in [2.45, 2.75) is 79.0 Å². The van der Waals surface area contributed by atoms with E-state index in [2.05, 4.69) is 10.6 Å². The number of nitrogens with zero attached hydrogens (tertiary/aromatic N) is 1. The summed E-state index contributed by atoms with van der Waals surface area (Å²) in [7, 11) is 0. The van der Waals surface area contributed by atoms with Gasteiger partial charge in [-0.15, -0.1) is 0 Å². The van der Waals surface area contributed by atoms with E-state index in [1.807, 2.05) is 100 Å². The van der Waals surface area contributed by atoms with Crippen LogP contribution in [0.25, 0.3) is 0 Å². The lowest BCUT2D eigenvalue weighted by Gasteiger charge is -2.35. The summed E-state index contributed by atoms with van der Waals surface area (Å²) in [4.78, 5) is 43.1. The number of nitrogens with one attached hydrogen (secondary N) is 2. The normalized spacial score (nSPS) is 12.7. The molecule has 0 aromatic heterocycles. The predicted molar refractivity (Wildman–Crippen MR) is 164 cm³/mol. The number of rotatable bonds is 10. The van der Waals surface area contributed by atoms with Crippen molar-refractivity contribution in [3.63, 3.8) is 0 Å². The zero-order chi connectivity index (χ0) is 30.2. The molecule has 2 atom stereocenters. The second kappa shape index (κ2) is 14.0. The van der Waals surface area contributed by atoms with Gasteiger partial charge >= 0.3 is 6.09 Å². The predicted octanol–water partition coefficient (Wildman–Crippen LogP) is 6.67. The van der Waals surface area contributed by atoms with Gasteiger partial charge in [-0.1, -0.05) is 79.2 Å². The first kappa shape index (κ1) is 31.4. The van der Waals surface area contributed by atoms with Gasteiger partial charge in [-0.25, -0.2) is 4.79 Å². The Morgan fingerprint density at radius 1 is 0.878 bits per heavy atom. The minimum atomic E-state index is -0.947. The van der Waals surface area contributed by atoms with E-state index in [0.717, 1.165) is 27.8 Å². The Balaban J connectivity index is 2.08. The standard InChI is InChI=1S/C34H43N3O4/c1-8-20-37(32(39)29(22-26-15-10-9-11-16-26)36-33(40)41-34(5,6)7)30(27-21-23(2)18-19-24(27)3)31(38)35-28-17-13-12-14-25(28)4/h9-19,21,29-30H,8,20,22H2,1-7H3,(H,35,38)(H,36,40).